The van der Waals surface area contributed by atoms with Crippen molar-refractivity contribution >= 4 is 35.8 Å². The third kappa shape index (κ3) is 5.09. The van der Waals surface area contributed by atoms with E-state index in [0.717, 1.165) is 38.9 Å². The number of nitro benzene ring substituents is 1. The van der Waals surface area contributed by atoms with E-state index >= 15 is 0 Å². The first-order chi connectivity index (χ1) is 11.1. The smallest absolute Gasteiger partial charge is 0.283 e. The van der Waals surface area contributed by atoms with Gasteiger partial charge in [-0.25, -0.2) is 0 Å². The van der Waals surface area contributed by atoms with E-state index in [1.165, 1.54) is 17.8 Å². The molecule has 1 aromatic carbocycles. The SMILES string of the molecule is CNCCC1CCN(C(=O)c2ccc(SC)c([N+](=O)[O-])c2)CC1.Cl. The minimum Gasteiger partial charge on any atom is -0.339 e. The van der Waals surface area contributed by atoms with Gasteiger partial charge in [0.2, 0.25) is 0 Å². The Balaban J connectivity index is 0.00000288. The number of likely N-dealkylation sites (tertiary alicyclic amines) is 1. The van der Waals surface area contributed by atoms with Crippen molar-refractivity contribution in [1.29, 1.82) is 0 Å². The van der Waals surface area contributed by atoms with Crippen LogP contribution in [-0.2, 0) is 0 Å². The molecule has 1 heterocycles. The van der Waals surface area contributed by atoms with Crippen molar-refractivity contribution in [3.05, 3.63) is 33.9 Å². The zero-order chi connectivity index (χ0) is 16.8. The molecule has 0 saturated carbocycles. The predicted molar refractivity (Wildman–Crippen MR) is 99.3 cm³/mol. The van der Waals surface area contributed by atoms with E-state index in [9.17, 15) is 14.9 Å². The van der Waals surface area contributed by atoms with Crippen LogP contribution in [0.4, 0.5) is 5.69 Å². The van der Waals surface area contributed by atoms with Crippen LogP contribution in [0.1, 0.15) is 29.6 Å². The van der Waals surface area contributed by atoms with Crippen LogP contribution in [0.2, 0.25) is 0 Å². The van der Waals surface area contributed by atoms with Crippen LogP contribution < -0.4 is 5.32 Å². The van der Waals surface area contributed by atoms with Crippen molar-refractivity contribution in [1.82, 2.24) is 10.2 Å². The number of nitrogens with one attached hydrogen (secondary N) is 1. The van der Waals surface area contributed by atoms with Gasteiger partial charge in [-0.15, -0.1) is 24.2 Å². The topological polar surface area (TPSA) is 75.5 Å². The first-order valence-electron chi connectivity index (χ1n) is 7.83. The van der Waals surface area contributed by atoms with Gasteiger partial charge in [-0.1, -0.05) is 0 Å². The molecule has 1 fully saturated rings. The number of rotatable bonds is 6. The molecule has 0 unspecified atom stereocenters. The van der Waals surface area contributed by atoms with Crippen LogP contribution in [0, 0.1) is 16.0 Å². The second-order valence-electron chi connectivity index (χ2n) is 5.77. The Morgan fingerprint density at radius 1 is 1.42 bits per heavy atom. The molecule has 1 aliphatic rings. The van der Waals surface area contributed by atoms with Gasteiger partial charge in [-0.05, 0) is 57.2 Å². The van der Waals surface area contributed by atoms with Crippen molar-refractivity contribution in [2.45, 2.75) is 24.2 Å². The highest BCUT2D eigenvalue weighted by Gasteiger charge is 2.25. The number of carbonyl (C=O) groups is 1. The lowest BCUT2D eigenvalue weighted by molar-refractivity contribution is -0.387. The minimum absolute atomic E-state index is 0. The van der Waals surface area contributed by atoms with E-state index < -0.39 is 4.92 Å². The summed E-state index contributed by atoms with van der Waals surface area (Å²) in [6, 6.07) is 4.76. The molecule has 134 valence electrons. The van der Waals surface area contributed by atoms with Crippen molar-refractivity contribution in [2.75, 3.05) is 32.9 Å². The molecule has 0 aromatic heterocycles. The first kappa shape index (κ1) is 20.7. The molecule has 24 heavy (non-hydrogen) atoms. The summed E-state index contributed by atoms with van der Waals surface area (Å²) in [4.78, 5) is 25.7. The summed E-state index contributed by atoms with van der Waals surface area (Å²) >= 11 is 1.32. The summed E-state index contributed by atoms with van der Waals surface area (Å²) in [6.07, 6.45) is 4.92. The number of nitro groups is 1. The van der Waals surface area contributed by atoms with Crippen molar-refractivity contribution in [2.24, 2.45) is 5.92 Å². The lowest BCUT2D eigenvalue weighted by Gasteiger charge is -2.32. The van der Waals surface area contributed by atoms with Gasteiger partial charge in [0.1, 0.15) is 0 Å². The van der Waals surface area contributed by atoms with E-state index in [1.54, 1.807) is 18.4 Å². The average molecular weight is 374 g/mol. The summed E-state index contributed by atoms with van der Waals surface area (Å²) in [5, 5.41) is 14.3. The number of piperidine rings is 1. The fourth-order valence-corrected chi connectivity index (χ4v) is 3.47. The molecule has 1 aromatic rings. The molecular weight excluding hydrogens is 350 g/mol. The number of thioether (sulfide) groups is 1. The quantitative estimate of drug-likeness (QED) is 0.470. The zero-order valence-electron chi connectivity index (χ0n) is 14.0. The van der Waals surface area contributed by atoms with Crippen molar-refractivity contribution in [3.63, 3.8) is 0 Å². The van der Waals surface area contributed by atoms with Crippen LogP contribution in [0.15, 0.2) is 23.1 Å². The molecule has 0 atom stereocenters. The lowest BCUT2D eigenvalue weighted by Crippen LogP contribution is -2.39. The van der Waals surface area contributed by atoms with E-state index in [1.807, 2.05) is 11.9 Å². The van der Waals surface area contributed by atoms with Gasteiger partial charge in [-0.3, -0.25) is 14.9 Å². The molecule has 6 nitrogen and oxygen atoms in total. The Morgan fingerprint density at radius 3 is 2.62 bits per heavy atom. The zero-order valence-corrected chi connectivity index (χ0v) is 15.6. The second-order valence-corrected chi connectivity index (χ2v) is 6.62. The number of amides is 1. The van der Waals surface area contributed by atoms with Crippen LogP contribution in [0.25, 0.3) is 0 Å². The highest BCUT2D eigenvalue weighted by Crippen LogP contribution is 2.29. The Labute approximate surface area is 152 Å². The van der Waals surface area contributed by atoms with Gasteiger partial charge in [0.05, 0.1) is 9.82 Å². The van der Waals surface area contributed by atoms with Crippen LogP contribution >= 0.6 is 24.2 Å². The monoisotopic (exact) mass is 373 g/mol. The normalized spacial score (nSPS) is 15.0. The molecule has 2 rings (SSSR count). The summed E-state index contributed by atoms with van der Waals surface area (Å²) in [7, 11) is 1.95. The molecular formula is C16H24ClN3O3S. The molecule has 8 heteroatoms. The van der Waals surface area contributed by atoms with Crippen molar-refractivity contribution < 1.29 is 9.72 Å². The largest absolute Gasteiger partial charge is 0.339 e. The van der Waals surface area contributed by atoms with Gasteiger partial charge in [-0.2, -0.15) is 0 Å². The van der Waals surface area contributed by atoms with Gasteiger partial charge in [0, 0.05) is 24.7 Å². The fourth-order valence-electron chi connectivity index (χ4n) is 2.92. The maximum Gasteiger partial charge on any atom is 0.283 e. The van der Waals surface area contributed by atoms with E-state index in [4.69, 9.17) is 0 Å². The molecule has 1 aliphatic heterocycles. The number of hydrogen-bond acceptors (Lipinski definition) is 5. The lowest BCUT2D eigenvalue weighted by atomic mass is 9.93. The minimum atomic E-state index is -0.424. The van der Waals surface area contributed by atoms with Crippen LogP contribution in [0.3, 0.4) is 0 Å². The predicted octanol–water partition coefficient (Wildman–Crippen LogP) is 3.20. The summed E-state index contributed by atoms with van der Waals surface area (Å²) in [5.41, 5.74) is 0.412. The number of hydrogen-bond donors (Lipinski definition) is 1. The Hall–Kier alpha value is -1.31. The summed E-state index contributed by atoms with van der Waals surface area (Å²) in [5.74, 6) is 0.549. The fraction of sp³-hybridized carbons (Fsp3) is 0.562. The number of carbonyl (C=O) groups excluding carboxylic acids is 1. The highest BCUT2D eigenvalue weighted by molar-refractivity contribution is 7.98. The summed E-state index contributed by atoms with van der Waals surface area (Å²) in [6.45, 7) is 2.46. The molecule has 1 N–H and O–H groups in total. The van der Waals surface area contributed by atoms with Gasteiger partial charge < -0.3 is 10.2 Å². The van der Waals surface area contributed by atoms with Gasteiger partial charge in [0.25, 0.3) is 11.6 Å². The molecule has 1 saturated heterocycles. The van der Waals surface area contributed by atoms with Crippen LogP contribution in [-0.4, -0.2) is 48.7 Å². The van der Waals surface area contributed by atoms with Gasteiger partial charge in [0.15, 0.2) is 0 Å². The third-order valence-electron chi connectivity index (χ3n) is 4.33. The van der Waals surface area contributed by atoms with E-state index in [0.29, 0.717) is 16.4 Å². The van der Waals surface area contributed by atoms with Crippen molar-refractivity contribution in [3.8, 4) is 0 Å². The standard InChI is InChI=1S/C16H23N3O3S.ClH/c1-17-8-5-12-6-9-18(10-7-12)16(20)13-3-4-15(23-2)14(11-13)19(21)22;/h3-4,11-12,17H,5-10H2,1-2H3;1H. The average Bonchev–Trinajstić information content (AvgIpc) is 2.59. The van der Waals surface area contributed by atoms with Gasteiger partial charge >= 0.3 is 0 Å². The Kier molecular flexibility index (Phi) is 8.52. The maximum atomic E-state index is 12.6. The Bertz CT molecular complexity index is 578. The van der Waals surface area contributed by atoms with E-state index in [-0.39, 0.29) is 24.0 Å². The molecule has 0 spiro atoms. The first-order valence-corrected chi connectivity index (χ1v) is 9.05. The highest BCUT2D eigenvalue weighted by atomic mass is 35.5. The molecule has 0 radical (unpaired) electrons. The summed E-state index contributed by atoms with van der Waals surface area (Å²) < 4.78 is 0. The van der Waals surface area contributed by atoms with E-state index in [2.05, 4.69) is 5.32 Å². The second kappa shape index (κ2) is 9.86. The molecule has 1 amide bonds. The maximum absolute atomic E-state index is 12.6. The van der Waals surface area contributed by atoms with Crippen LogP contribution in [0.5, 0.6) is 0 Å². The number of halogens is 1. The molecule has 0 bridgehead atoms. The number of benzene rings is 1. The Morgan fingerprint density at radius 2 is 2.08 bits per heavy atom. The number of nitrogens with zero attached hydrogens (tertiary/aromatic N) is 2. The third-order valence-corrected chi connectivity index (χ3v) is 5.11. The molecule has 0 aliphatic carbocycles.